The third-order valence-corrected chi connectivity index (χ3v) is 3.58. The van der Waals surface area contributed by atoms with Crippen LogP contribution in [0.5, 0.6) is 0 Å². The Morgan fingerprint density at radius 3 is 2.74 bits per heavy atom. The van der Waals surface area contributed by atoms with Crippen molar-refractivity contribution in [1.29, 1.82) is 0 Å². The van der Waals surface area contributed by atoms with E-state index in [0.29, 0.717) is 13.0 Å². The predicted molar refractivity (Wildman–Crippen MR) is 75.4 cm³/mol. The molecule has 19 heavy (non-hydrogen) atoms. The molecule has 0 radical (unpaired) electrons. The van der Waals surface area contributed by atoms with Crippen molar-refractivity contribution in [1.82, 2.24) is 0 Å². The van der Waals surface area contributed by atoms with E-state index in [1.807, 2.05) is 24.3 Å². The van der Waals surface area contributed by atoms with Crippen LogP contribution >= 0.6 is 0 Å². The summed E-state index contributed by atoms with van der Waals surface area (Å²) in [5.41, 5.74) is 6.29. The first kappa shape index (κ1) is 14.1. The normalized spacial score (nSPS) is 18.7. The van der Waals surface area contributed by atoms with Crippen molar-refractivity contribution in [2.45, 2.75) is 43.8 Å². The van der Waals surface area contributed by atoms with E-state index in [4.69, 9.17) is 5.73 Å². The second-order valence-corrected chi connectivity index (χ2v) is 5.21. The average Bonchev–Trinajstić information content (AvgIpc) is 2.85. The number of aliphatic hydroxyl groups excluding tert-OH is 1. The maximum atomic E-state index is 10.2. The molecule has 1 atom stereocenters. The molecule has 2 rings (SSSR count). The third kappa shape index (κ3) is 3.81. The minimum absolute atomic E-state index is 0.455. The van der Waals surface area contributed by atoms with Crippen molar-refractivity contribution in [3.63, 3.8) is 0 Å². The molecule has 1 aliphatic rings. The zero-order chi connectivity index (χ0) is 13.7. The molecule has 4 N–H and O–H groups in total. The highest BCUT2D eigenvalue weighted by Gasteiger charge is 2.28. The van der Waals surface area contributed by atoms with E-state index in [-0.39, 0.29) is 0 Å². The summed E-state index contributed by atoms with van der Waals surface area (Å²) in [7, 11) is 0. The smallest absolute Gasteiger partial charge is 0.125 e. The Kier molecular flexibility index (Phi) is 4.60. The fourth-order valence-corrected chi connectivity index (χ4v) is 2.42. The van der Waals surface area contributed by atoms with Gasteiger partial charge in [0, 0.05) is 5.56 Å². The molecule has 0 unspecified atom stereocenters. The van der Waals surface area contributed by atoms with Gasteiger partial charge < -0.3 is 15.9 Å². The van der Waals surface area contributed by atoms with Gasteiger partial charge in [-0.25, -0.2) is 0 Å². The van der Waals surface area contributed by atoms with Crippen LogP contribution in [0.15, 0.2) is 24.3 Å². The SMILES string of the molecule is NCC[C@@H](O)c1cccc(C#CC2(O)CCCC2)c1. The Labute approximate surface area is 114 Å². The van der Waals surface area contributed by atoms with E-state index >= 15 is 0 Å². The Hall–Kier alpha value is -1.34. The maximum absolute atomic E-state index is 10.2. The zero-order valence-corrected chi connectivity index (χ0v) is 11.1. The second kappa shape index (κ2) is 6.21. The number of benzene rings is 1. The van der Waals surface area contributed by atoms with E-state index in [0.717, 1.165) is 36.8 Å². The lowest BCUT2D eigenvalue weighted by molar-refractivity contribution is 0.110. The molecule has 1 fully saturated rings. The van der Waals surface area contributed by atoms with Crippen LogP contribution in [-0.4, -0.2) is 22.4 Å². The van der Waals surface area contributed by atoms with E-state index in [1.54, 1.807) is 0 Å². The highest BCUT2D eigenvalue weighted by Crippen LogP contribution is 2.28. The number of hydrogen-bond acceptors (Lipinski definition) is 3. The van der Waals surface area contributed by atoms with Crippen LogP contribution in [-0.2, 0) is 0 Å². The van der Waals surface area contributed by atoms with Gasteiger partial charge in [0.1, 0.15) is 5.60 Å². The maximum Gasteiger partial charge on any atom is 0.125 e. The van der Waals surface area contributed by atoms with Crippen molar-refractivity contribution in [3.05, 3.63) is 35.4 Å². The molecule has 0 aromatic heterocycles. The first-order valence-electron chi connectivity index (χ1n) is 6.87. The summed E-state index contributed by atoms with van der Waals surface area (Å²) in [5, 5.41) is 20.1. The summed E-state index contributed by atoms with van der Waals surface area (Å²) in [6, 6.07) is 7.50. The highest BCUT2D eigenvalue weighted by atomic mass is 16.3. The Bertz CT molecular complexity index is 481. The van der Waals surface area contributed by atoms with Crippen LogP contribution < -0.4 is 5.73 Å². The lowest BCUT2D eigenvalue weighted by Gasteiger charge is -2.13. The number of nitrogens with two attached hydrogens (primary N) is 1. The number of rotatable bonds is 3. The van der Waals surface area contributed by atoms with Crippen molar-refractivity contribution in [2.75, 3.05) is 6.54 Å². The fourth-order valence-electron chi connectivity index (χ4n) is 2.42. The van der Waals surface area contributed by atoms with E-state index < -0.39 is 11.7 Å². The summed E-state index contributed by atoms with van der Waals surface area (Å²) in [6.45, 7) is 0.455. The van der Waals surface area contributed by atoms with Gasteiger partial charge in [-0.2, -0.15) is 0 Å². The van der Waals surface area contributed by atoms with Gasteiger partial charge in [0.2, 0.25) is 0 Å². The fraction of sp³-hybridized carbons (Fsp3) is 0.500. The molecule has 0 aliphatic heterocycles. The van der Waals surface area contributed by atoms with Gasteiger partial charge in [-0.15, -0.1) is 0 Å². The summed E-state index contributed by atoms with van der Waals surface area (Å²) in [5.74, 6) is 5.99. The van der Waals surface area contributed by atoms with Crippen LogP contribution in [0.4, 0.5) is 0 Å². The molecule has 102 valence electrons. The van der Waals surface area contributed by atoms with Gasteiger partial charge in [-0.1, -0.05) is 24.0 Å². The van der Waals surface area contributed by atoms with Crippen LogP contribution in [0.3, 0.4) is 0 Å². The second-order valence-electron chi connectivity index (χ2n) is 5.21. The molecule has 1 saturated carbocycles. The molecular formula is C16H21NO2. The van der Waals surface area contributed by atoms with Crippen LogP contribution in [0.2, 0.25) is 0 Å². The Morgan fingerprint density at radius 1 is 1.32 bits per heavy atom. The first-order valence-corrected chi connectivity index (χ1v) is 6.87. The Morgan fingerprint density at radius 2 is 2.05 bits per heavy atom. The van der Waals surface area contributed by atoms with E-state index in [1.165, 1.54) is 0 Å². The van der Waals surface area contributed by atoms with Crippen molar-refractivity contribution in [2.24, 2.45) is 5.73 Å². The van der Waals surface area contributed by atoms with Crippen molar-refractivity contribution in [3.8, 4) is 11.8 Å². The molecule has 0 heterocycles. The number of hydrogen-bond donors (Lipinski definition) is 3. The van der Waals surface area contributed by atoms with E-state index in [2.05, 4.69) is 11.8 Å². The summed E-state index contributed by atoms with van der Waals surface area (Å²) < 4.78 is 0. The zero-order valence-electron chi connectivity index (χ0n) is 11.1. The molecular weight excluding hydrogens is 238 g/mol. The van der Waals surface area contributed by atoms with Crippen LogP contribution in [0.1, 0.15) is 49.3 Å². The molecule has 0 spiro atoms. The van der Waals surface area contributed by atoms with Gasteiger partial charge in [0.25, 0.3) is 0 Å². The van der Waals surface area contributed by atoms with Crippen LogP contribution in [0, 0.1) is 11.8 Å². The standard InChI is InChI=1S/C16H21NO2/c17-11-7-15(18)14-5-3-4-13(12-14)6-10-16(19)8-1-2-9-16/h3-5,12,15,18-19H,1-2,7-9,11,17H2/t15-/m1/s1. The topological polar surface area (TPSA) is 66.5 Å². The van der Waals surface area contributed by atoms with Crippen molar-refractivity contribution < 1.29 is 10.2 Å². The predicted octanol–water partition coefficient (Wildman–Crippen LogP) is 1.73. The number of aliphatic hydroxyl groups is 2. The average molecular weight is 259 g/mol. The molecule has 1 aromatic carbocycles. The lowest BCUT2D eigenvalue weighted by Crippen LogP contribution is -2.20. The monoisotopic (exact) mass is 259 g/mol. The Balaban J connectivity index is 2.13. The summed E-state index contributed by atoms with van der Waals surface area (Å²) in [6.07, 6.45) is 3.61. The van der Waals surface area contributed by atoms with Gasteiger partial charge in [0.05, 0.1) is 6.10 Å². The highest BCUT2D eigenvalue weighted by molar-refractivity contribution is 5.39. The first-order chi connectivity index (χ1) is 9.13. The van der Waals surface area contributed by atoms with Gasteiger partial charge in [0.15, 0.2) is 0 Å². The van der Waals surface area contributed by atoms with Gasteiger partial charge in [-0.05, 0) is 56.3 Å². The largest absolute Gasteiger partial charge is 0.388 e. The third-order valence-electron chi connectivity index (χ3n) is 3.58. The minimum Gasteiger partial charge on any atom is -0.388 e. The van der Waals surface area contributed by atoms with Crippen LogP contribution in [0.25, 0.3) is 0 Å². The molecule has 3 heteroatoms. The van der Waals surface area contributed by atoms with Gasteiger partial charge in [-0.3, -0.25) is 0 Å². The minimum atomic E-state index is -0.814. The quantitative estimate of drug-likeness (QED) is 0.724. The molecule has 3 nitrogen and oxygen atoms in total. The molecule has 1 aromatic rings. The molecule has 1 aliphatic carbocycles. The van der Waals surface area contributed by atoms with Gasteiger partial charge >= 0.3 is 0 Å². The molecule has 0 bridgehead atoms. The molecule has 0 saturated heterocycles. The van der Waals surface area contributed by atoms with E-state index in [9.17, 15) is 10.2 Å². The lowest BCUT2D eigenvalue weighted by atomic mass is 10.0. The van der Waals surface area contributed by atoms with Crippen molar-refractivity contribution >= 4 is 0 Å². The summed E-state index contributed by atoms with van der Waals surface area (Å²) in [4.78, 5) is 0. The molecule has 0 amide bonds. The summed E-state index contributed by atoms with van der Waals surface area (Å²) >= 11 is 0.